The van der Waals surface area contributed by atoms with Gasteiger partial charge in [0.2, 0.25) is 0 Å². The second kappa shape index (κ2) is 11.0. The summed E-state index contributed by atoms with van der Waals surface area (Å²) in [6, 6.07) is 7.72. The molecule has 0 bridgehead atoms. The maximum atomic E-state index is 11.6. The number of hydrogen-bond acceptors (Lipinski definition) is 8. The summed E-state index contributed by atoms with van der Waals surface area (Å²) in [7, 11) is 6.34. The van der Waals surface area contributed by atoms with Gasteiger partial charge < -0.3 is 23.8 Å². The highest BCUT2D eigenvalue weighted by Gasteiger charge is 2.21. The van der Waals surface area contributed by atoms with Crippen molar-refractivity contribution < 1.29 is 23.7 Å². The third-order valence-corrected chi connectivity index (χ3v) is 5.48. The lowest BCUT2D eigenvalue weighted by Gasteiger charge is -2.25. The summed E-state index contributed by atoms with van der Waals surface area (Å²) in [6.45, 7) is 5.77. The van der Waals surface area contributed by atoms with Gasteiger partial charge in [0.1, 0.15) is 17.3 Å². The molecule has 9 heteroatoms. The van der Waals surface area contributed by atoms with E-state index in [1.165, 1.54) is 7.11 Å². The molecule has 0 unspecified atom stereocenters. The third-order valence-electron chi connectivity index (χ3n) is 5.48. The molecule has 0 aliphatic rings. The number of carbonyl (C=O) groups is 1. The minimum atomic E-state index is -0.221. The number of aryl methyl sites for hydroxylation is 2. The van der Waals surface area contributed by atoms with Crippen molar-refractivity contribution in [3.8, 4) is 22.6 Å². The molecule has 178 valence electrons. The summed E-state index contributed by atoms with van der Waals surface area (Å²) < 4.78 is 23.0. The maximum Gasteiger partial charge on any atom is 0.305 e. The molecule has 0 saturated heterocycles. The fourth-order valence-electron chi connectivity index (χ4n) is 3.83. The van der Waals surface area contributed by atoms with Crippen molar-refractivity contribution in [2.75, 3.05) is 53.0 Å². The summed E-state index contributed by atoms with van der Waals surface area (Å²) in [4.78, 5) is 18.6. The van der Waals surface area contributed by atoms with Gasteiger partial charge in [-0.3, -0.25) is 4.79 Å². The van der Waals surface area contributed by atoms with E-state index >= 15 is 0 Å². The number of fused-ring (bicyclic) bond motifs is 1. The topological polar surface area (TPSA) is 87.4 Å². The first-order valence-electron chi connectivity index (χ1n) is 10.8. The van der Waals surface area contributed by atoms with E-state index in [0.717, 1.165) is 34.0 Å². The number of benzene rings is 1. The molecule has 0 atom stereocenters. The molecule has 2 heterocycles. The van der Waals surface area contributed by atoms with Crippen LogP contribution in [0.15, 0.2) is 24.3 Å². The van der Waals surface area contributed by atoms with Crippen molar-refractivity contribution in [2.24, 2.45) is 0 Å². The predicted molar refractivity (Wildman–Crippen MR) is 126 cm³/mol. The number of anilines is 1. The van der Waals surface area contributed by atoms with Crippen LogP contribution in [0.25, 0.3) is 16.8 Å². The van der Waals surface area contributed by atoms with E-state index in [4.69, 9.17) is 29.0 Å². The van der Waals surface area contributed by atoms with Crippen LogP contribution in [0, 0.1) is 13.8 Å². The molecule has 0 aliphatic carbocycles. The van der Waals surface area contributed by atoms with Gasteiger partial charge in [0.05, 0.1) is 39.2 Å². The second-order valence-corrected chi connectivity index (χ2v) is 7.68. The van der Waals surface area contributed by atoms with E-state index in [1.54, 1.807) is 21.3 Å². The smallest absolute Gasteiger partial charge is 0.305 e. The molecule has 0 aliphatic heterocycles. The van der Waals surface area contributed by atoms with E-state index in [-0.39, 0.29) is 5.97 Å². The molecule has 0 N–H and O–H groups in total. The van der Waals surface area contributed by atoms with Gasteiger partial charge in [-0.15, -0.1) is 0 Å². The van der Waals surface area contributed by atoms with Crippen molar-refractivity contribution in [2.45, 2.75) is 26.7 Å². The third kappa shape index (κ3) is 5.36. The normalized spacial score (nSPS) is 11.0. The Morgan fingerprint density at radius 1 is 1.06 bits per heavy atom. The number of esters is 1. The van der Waals surface area contributed by atoms with E-state index in [9.17, 15) is 4.79 Å². The molecule has 0 fully saturated rings. The van der Waals surface area contributed by atoms with Crippen LogP contribution < -0.4 is 14.4 Å². The van der Waals surface area contributed by atoms with Crippen LogP contribution in [0.1, 0.15) is 24.2 Å². The van der Waals surface area contributed by atoms with Crippen molar-refractivity contribution in [3.63, 3.8) is 0 Å². The zero-order valence-electron chi connectivity index (χ0n) is 20.2. The molecule has 3 rings (SSSR count). The van der Waals surface area contributed by atoms with Gasteiger partial charge in [0.15, 0.2) is 5.65 Å². The lowest BCUT2D eigenvalue weighted by Crippen LogP contribution is -2.31. The number of hydrogen-bond donors (Lipinski definition) is 0. The van der Waals surface area contributed by atoms with E-state index in [0.29, 0.717) is 44.0 Å². The van der Waals surface area contributed by atoms with Gasteiger partial charge in [0, 0.05) is 50.0 Å². The van der Waals surface area contributed by atoms with Crippen LogP contribution >= 0.6 is 0 Å². The molecular formula is C24H32N4O5. The number of carbonyl (C=O) groups excluding carboxylic acids is 1. The van der Waals surface area contributed by atoms with Crippen LogP contribution in [0.4, 0.5) is 5.82 Å². The Balaban J connectivity index is 2.10. The molecule has 0 saturated carbocycles. The first-order valence-corrected chi connectivity index (χ1v) is 10.8. The Morgan fingerprint density at radius 2 is 1.85 bits per heavy atom. The summed E-state index contributed by atoms with van der Waals surface area (Å²) >= 11 is 0. The van der Waals surface area contributed by atoms with Gasteiger partial charge in [-0.2, -0.15) is 9.61 Å². The number of rotatable bonds is 11. The van der Waals surface area contributed by atoms with Gasteiger partial charge >= 0.3 is 5.97 Å². The Kier molecular flexibility index (Phi) is 8.11. The number of aromatic nitrogens is 3. The summed E-state index contributed by atoms with van der Waals surface area (Å²) in [5.41, 5.74) is 4.23. The highest BCUT2D eigenvalue weighted by Crippen LogP contribution is 2.38. The molecule has 2 aromatic heterocycles. The van der Waals surface area contributed by atoms with Crippen LogP contribution in [0.5, 0.6) is 11.5 Å². The molecule has 33 heavy (non-hydrogen) atoms. The van der Waals surface area contributed by atoms with E-state index < -0.39 is 0 Å². The number of ether oxygens (including phenoxy) is 4. The average molecular weight is 457 g/mol. The van der Waals surface area contributed by atoms with Gasteiger partial charge in [-0.05, 0) is 32.4 Å². The number of nitrogens with zero attached hydrogens (tertiary/aromatic N) is 4. The van der Waals surface area contributed by atoms with Crippen molar-refractivity contribution >= 4 is 17.4 Å². The summed E-state index contributed by atoms with van der Waals surface area (Å²) in [5, 5.41) is 4.83. The molecule has 3 aromatic rings. The van der Waals surface area contributed by atoms with Crippen LogP contribution in [-0.2, 0) is 14.3 Å². The largest absolute Gasteiger partial charge is 0.497 e. The lowest BCUT2D eigenvalue weighted by molar-refractivity contribution is -0.140. The monoisotopic (exact) mass is 456 g/mol. The SMILES string of the molecule is COCCN(CCCC(=O)OC)c1cc(C)nc2c(-c3ccc(OC)cc3OC)c(C)nn12. The highest BCUT2D eigenvalue weighted by atomic mass is 16.5. The van der Waals surface area contributed by atoms with Gasteiger partial charge in [-0.1, -0.05) is 0 Å². The number of methoxy groups -OCH3 is 4. The Labute approximate surface area is 194 Å². The molecule has 0 radical (unpaired) electrons. The summed E-state index contributed by atoms with van der Waals surface area (Å²) in [5.74, 6) is 2.07. The molecular weight excluding hydrogens is 424 g/mol. The van der Waals surface area contributed by atoms with E-state index in [1.807, 2.05) is 42.6 Å². The Hall–Kier alpha value is -3.33. The first-order chi connectivity index (χ1) is 15.9. The van der Waals surface area contributed by atoms with Gasteiger partial charge in [0.25, 0.3) is 0 Å². The quantitative estimate of drug-likeness (QED) is 0.406. The zero-order valence-corrected chi connectivity index (χ0v) is 20.2. The minimum Gasteiger partial charge on any atom is -0.497 e. The standard InChI is InChI=1S/C24H32N4O5/c1-16-14-21(27(12-13-30-3)11-7-8-22(29)33-6)28-24(25-16)23(17(2)26-28)19-10-9-18(31-4)15-20(19)32-5/h9-10,14-15H,7-8,11-13H2,1-6H3. The Bertz CT molecular complexity index is 1110. The molecule has 1 aromatic carbocycles. The fourth-order valence-corrected chi connectivity index (χ4v) is 3.83. The maximum absolute atomic E-state index is 11.6. The van der Waals surface area contributed by atoms with Crippen molar-refractivity contribution in [3.05, 3.63) is 35.7 Å². The van der Waals surface area contributed by atoms with E-state index in [2.05, 4.69) is 4.90 Å². The van der Waals surface area contributed by atoms with Crippen LogP contribution in [0.3, 0.4) is 0 Å². The van der Waals surface area contributed by atoms with Gasteiger partial charge in [-0.25, -0.2) is 4.98 Å². The summed E-state index contributed by atoms with van der Waals surface area (Å²) in [6.07, 6.45) is 0.998. The Morgan fingerprint density at radius 3 is 2.52 bits per heavy atom. The first kappa shape index (κ1) is 24.3. The molecule has 9 nitrogen and oxygen atoms in total. The minimum absolute atomic E-state index is 0.221. The molecule has 0 amide bonds. The average Bonchev–Trinajstić information content (AvgIpc) is 3.15. The fraction of sp³-hybridized carbons (Fsp3) is 0.458. The van der Waals surface area contributed by atoms with Crippen LogP contribution in [-0.4, -0.2) is 68.7 Å². The second-order valence-electron chi connectivity index (χ2n) is 7.68. The lowest BCUT2D eigenvalue weighted by atomic mass is 10.0. The van der Waals surface area contributed by atoms with Crippen molar-refractivity contribution in [1.29, 1.82) is 0 Å². The van der Waals surface area contributed by atoms with Crippen LogP contribution in [0.2, 0.25) is 0 Å². The molecule has 0 spiro atoms. The van der Waals surface area contributed by atoms with Crippen molar-refractivity contribution in [1.82, 2.24) is 14.6 Å². The highest BCUT2D eigenvalue weighted by molar-refractivity contribution is 5.85. The zero-order chi connectivity index (χ0) is 24.0. The predicted octanol–water partition coefficient (Wildman–Crippen LogP) is 3.44.